The topological polar surface area (TPSA) is 32.5 Å². The van der Waals surface area contributed by atoms with Gasteiger partial charge in [-0.3, -0.25) is 4.90 Å². The van der Waals surface area contributed by atoms with E-state index in [-0.39, 0.29) is 0 Å². The zero-order valence-corrected chi connectivity index (χ0v) is 11.4. The summed E-state index contributed by atoms with van der Waals surface area (Å²) in [6.45, 7) is 14.8. The van der Waals surface area contributed by atoms with Crippen LogP contribution in [0.15, 0.2) is 0 Å². The Labute approximate surface area is 101 Å². The van der Waals surface area contributed by atoms with Crippen LogP contribution in [0.1, 0.15) is 34.1 Å². The minimum absolute atomic E-state index is 0.329. The number of likely N-dealkylation sites (N-methyl/N-ethyl adjacent to an activating group) is 1. The van der Waals surface area contributed by atoms with Crippen LogP contribution in [0.3, 0.4) is 0 Å². The fourth-order valence-corrected chi connectivity index (χ4v) is 2.53. The summed E-state index contributed by atoms with van der Waals surface area (Å²) in [4.78, 5) is 5.11. The average Bonchev–Trinajstić information content (AvgIpc) is 2.68. The normalized spacial score (nSPS) is 24.6. The fraction of sp³-hybridized carbons (Fsp3) is 1.00. The van der Waals surface area contributed by atoms with Crippen LogP contribution >= 0.6 is 0 Å². The molecule has 0 bridgehead atoms. The van der Waals surface area contributed by atoms with Crippen LogP contribution in [-0.4, -0.2) is 54.6 Å². The minimum Gasteiger partial charge on any atom is -0.326 e. The first-order chi connectivity index (χ1) is 7.58. The Bertz CT molecular complexity index is 190. The summed E-state index contributed by atoms with van der Waals surface area (Å²) in [5, 5.41) is 0. The molecule has 1 saturated heterocycles. The van der Waals surface area contributed by atoms with Crippen LogP contribution in [-0.2, 0) is 0 Å². The number of hydrogen-bond donors (Lipinski definition) is 1. The first-order valence-electron chi connectivity index (χ1n) is 6.80. The van der Waals surface area contributed by atoms with Crippen molar-refractivity contribution in [1.29, 1.82) is 0 Å². The van der Waals surface area contributed by atoms with E-state index in [0.717, 1.165) is 12.6 Å². The molecular formula is C13H29N3. The van der Waals surface area contributed by atoms with Crippen molar-refractivity contribution in [3.05, 3.63) is 0 Å². The smallest absolute Gasteiger partial charge is 0.0235 e. The van der Waals surface area contributed by atoms with Crippen molar-refractivity contribution >= 4 is 0 Å². The molecule has 1 aliphatic rings. The van der Waals surface area contributed by atoms with Crippen LogP contribution < -0.4 is 5.73 Å². The van der Waals surface area contributed by atoms with Crippen molar-refractivity contribution < 1.29 is 0 Å². The lowest BCUT2D eigenvalue weighted by molar-refractivity contribution is 0.204. The zero-order valence-electron chi connectivity index (χ0n) is 11.4. The summed E-state index contributed by atoms with van der Waals surface area (Å²) in [7, 11) is 0. The summed E-state index contributed by atoms with van der Waals surface area (Å²) < 4.78 is 0. The third-order valence-corrected chi connectivity index (χ3v) is 3.90. The first kappa shape index (κ1) is 13.9. The Morgan fingerprint density at radius 3 is 2.44 bits per heavy atom. The molecule has 0 saturated carbocycles. The highest BCUT2D eigenvalue weighted by atomic mass is 15.3. The number of likely N-dealkylation sites (tertiary alicyclic amines) is 1. The van der Waals surface area contributed by atoms with Gasteiger partial charge in [-0.1, -0.05) is 27.7 Å². The van der Waals surface area contributed by atoms with Crippen LogP contribution in [0.25, 0.3) is 0 Å². The SMILES string of the molecule is CCN(CC)C1CCN(CC(N)C(C)C)C1. The third-order valence-electron chi connectivity index (χ3n) is 3.90. The monoisotopic (exact) mass is 227 g/mol. The average molecular weight is 227 g/mol. The predicted octanol–water partition coefficient (Wildman–Crippen LogP) is 1.39. The second-order valence-corrected chi connectivity index (χ2v) is 5.33. The van der Waals surface area contributed by atoms with Crippen molar-refractivity contribution in [2.75, 3.05) is 32.7 Å². The van der Waals surface area contributed by atoms with Gasteiger partial charge in [0.2, 0.25) is 0 Å². The van der Waals surface area contributed by atoms with Gasteiger partial charge in [0.25, 0.3) is 0 Å². The van der Waals surface area contributed by atoms with Gasteiger partial charge in [-0.05, 0) is 32.0 Å². The highest BCUT2D eigenvalue weighted by molar-refractivity contribution is 4.84. The summed E-state index contributed by atoms with van der Waals surface area (Å²) in [6, 6.07) is 1.09. The zero-order chi connectivity index (χ0) is 12.1. The highest BCUT2D eigenvalue weighted by Gasteiger charge is 2.27. The Balaban J connectivity index is 2.34. The van der Waals surface area contributed by atoms with E-state index in [0.29, 0.717) is 12.0 Å². The molecule has 0 amide bonds. The molecule has 0 spiro atoms. The molecule has 0 aliphatic carbocycles. The second kappa shape index (κ2) is 6.58. The number of nitrogens with zero attached hydrogens (tertiary/aromatic N) is 2. The third kappa shape index (κ3) is 3.72. The van der Waals surface area contributed by atoms with E-state index < -0.39 is 0 Å². The maximum absolute atomic E-state index is 6.13. The van der Waals surface area contributed by atoms with Gasteiger partial charge >= 0.3 is 0 Å². The predicted molar refractivity (Wildman–Crippen MR) is 70.6 cm³/mol. The van der Waals surface area contributed by atoms with Gasteiger partial charge in [0.15, 0.2) is 0 Å². The Morgan fingerprint density at radius 2 is 1.94 bits per heavy atom. The van der Waals surface area contributed by atoms with Crippen molar-refractivity contribution in [3.8, 4) is 0 Å². The van der Waals surface area contributed by atoms with Crippen LogP contribution in [0.4, 0.5) is 0 Å². The largest absolute Gasteiger partial charge is 0.326 e. The molecule has 0 aromatic carbocycles. The van der Waals surface area contributed by atoms with Crippen LogP contribution in [0.5, 0.6) is 0 Å². The van der Waals surface area contributed by atoms with E-state index in [4.69, 9.17) is 5.73 Å². The quantitative estimate of drug-likeness (QED) is 0.744. The van der Waals surface area contributed by atoms with Crippen molar-refractivity contribution in [3.63, 3.8) is 0 Å². The van der Waals surface area contributed by atoms with E-state index in [2.05, 4.69) is 37.5 Å². The van der Waals surface area contributed by atoms with Gasteiger partial charge < -0.3 is 10.6 Å². The summed E-state index contributed by atoms with van der Waals surface area (Å²) in [6.07, 6.45) is 1.31. The van der Waals surface area contributed by atoms with Crippen molar-refractivity contribution in [2.24, 2.45) is 11.7 Å². The summed E-state index contributed by atoms with van der Waals surface area (Å²) in [5.41, 5.74) is 6.13. The van der Waals surface area contributed by atoms with E-state index in [9.17, 15) is 0 Å². The summed E-state index contributed by atoms with van der Waals surface area (Å²) >= 11 is 0. The molecule has 2 unspecified atom stereocenters. The number of rotatable bonds is 6. The molecule has 96 valence electrons. The molecule has 16 heavy (non-hydrogen) atoms. The Morgan fingerprint density at radius 1 is 1.31 bits per heavy atom. The first-order valence-corrected chi connectivity index (χ1v) is 6.80. The molecule has 2 N–H and O–H groups in total. The minimum atomic E-state index is 0.329. The van der Waals surface area contributed by atoms with Crippen LogP contribution in [0.2, 0.25) is 0 Å². The standard InChI is InChI=1S/C13H29N3/c1-5-16(6-2)12-7-8-15(9-12)10-13(14)11(3)4/h11-13H,5-10,14H2,1-4H3. The Kier molecular flexibility index (Phi) is 5.73. The molecular weight excluding hydrogens is 198 g/mol. The van der Waals surface area contributed by atoms with E-state index >= 15 is 0 Å². The number of hydrogen-bond acceptors (Lipinski definition) is 3. The lowest BCUT2D eigenvalue weighted by atomic mass is 10.1. The summed E-state index contributed by atoms with van der Waals surface area (Å²) in [5.74, 6) is 0.590. The van der Waals surface area contributed by atoms with E-state index in [1.165, 1.54) is 32.6 Å². The molecule has 1 fully saturated rings. The molecule has 0 radical (unpaired) electrons. The number of nitrogens with two attached hydrogens (primary N) is 1. The van der Waals surface area contributed by atoms with Gasteiger partial charge in [-0.25, -0.2) is 0 Å². The van der Waals surface area contributed by atoms with Crippen LogP contribution in [0, 0.1) is 5.92 Å². The molecule has 1 aliphatic heterocycles. The molecule has 0 aromatic rings. The van der Waals surface area contributed by atoms with Gasteiger partial charge in [0.05, 0.1) is 0 Å². The Hall–Kier alpha value is -0.120. The van der Waals surface area contributed by atoms with Gasteiger partial charge in [0, 0.05) is 25.2 Å². The van der Waals surface area contributed by atoms with Crippen molar-refractivity contribution in [1.82, 2.24) is 9.80 Å². The molecule has 3 nitrogen and oxygen atoms in total. The van der Waals surface area contributed by atoms with Gasteiger partial charge in [0.1, 0.15) is 0 Å². The van der Waals surface area contributed by atoms with Gasteiger partial charge in [-0.15, -0.1) is 0 Å². The molecule has 2 atom stereocenters. The van der Waals surface area contributed by atoms with E-state index in [1.807, 2.05) is 0 Å². The van der Waals surface area contributed by atoms with E-state index in [1.54, 1.807) is 0 Å². The van der Waals surface area contributed by atoms with Gasteiger partial charge in [-0.2, -0.15) is 0 Å². The highest BCUT2D eigenvalue weighted by Crippen LogP contribution is 2.16. The molecule has 1 rings (SSSR count). The maximum Gasteiger partial charge on any atom is 0.0235 e. The lowest BCUT2D eigenvalue weighted by Gasteiger charge is -2.27. The van der Waals surface area contributed by atoms with Crippen molar-refractivity contribution in [2.45, 2.75) is 46.2 Å². The lowest BCUT2D eigenvalue weighted by Crippen LogP contribution is -2.42. The second-order valence-electron chi connectivity index (χ2n) is 5.33. The maximum atomic E-state index is 6.13. The molecule has 1 heterocycles. The molecule has 0 aromatic heterocycles. The molecule has 3 heteroatoms. The fourth-order valence-electron chi connectivity index (χ4n) is 2.53.